The molecule has 1 aliphatic heterocycles. The third-order valence-electron chi connectivity index (χ3n) is 4.81. The van der Waals surface area contributed by atoms with Gasteiger partial charge < -0.3 is 14.4 Å². The quantitative estimate of drug-likeness (QED) is 0.793. The molecule has 0 aliphatic carbocycles. The maximum atomic E-state index is 13.1. The standard InChI is InChI=1S/C19H26N4O3/c1-13(2)23-14(3)18(10-21-23)19(24)22-11-17(25-4)8-15(22)12-26-16-6-5-7-20-9-16/h5-7,9-10,13,15,17H,8,11-12H2,1-4H3/t15-,17+/m0/s1. The highest BCUT2D eigenvalue weighted by atomic mass is 16.5. The van der Waals surface area contributed by atoms with E-state index in [0.717, 1.165) is 12.1 Å². The Hall–Kier alpha value is -2.41. The van der Waals surface area contributed by atoms with E-state index in [4.69, 9.17) is 9.47 Å². The first kappa shape index (κ1) is 18.4. The summed E-state index contributed by atoms with van der Waals surface area (Å²) >= 11 is 0. The number of methoxy groups -OCH3 is 1. The van der Waals surface area contributed by atoms with Crippen molar-refractivity contribution in [3.05, 3.63) is 42.0 Å². The normalized spacial score (nSPS) is 20.0. The fraction of sp³-hybridized carbons (Fsp3) is 0.526. The van der Waals surface area contributed by atoms with Crippen molar-refractivity contribution in [3.8, 4) is 5.75 Å². The van der Waals surface area contributed by atoms with E-state index in [0.29, 0.717) is 24.5 Å². The van der Waals surface area contributed by atoms with Crippen molar-refractivity contribution in [2.45, 2.75) is 45.4 Å². The summed E-state index contributed by atoms with van der Waals surface area (Å²) in [4.78, 5) is 19.0. The lowest BCUT2D eigenvalue weighted by Crippen LogP contribution is -2.39. The summed E-state index contributed by atoms with van der Waals surface area (Å²) < 4.78 is 13.2. The number of aromatic nitrogens is 3. The summed E-state index contributed by atoms with van der Waals surface area (Å²) in [6.45, 7) is 7.01. The number of hydrogen-bond acceptors (Lipinski definition) is 5. The number of rotatable bonds is 6. The monoisotopic (exact) mass is 358 g/mol. The molecule has 1 fully saturated rings. The first-order chi connectivity index (χ1) is 12.5. The summed E-state index contributed by atoms with van der Waals surface area (Å²) in [5, 5.41) is 4.36. The van der Waals surface area contributed by atoms with Crippen LogP contribution in [0.4, 0.5) is 0 Å². The summed E-state index contributed by atoms with van der Waals surface area (Å²) in [6, 6.07) is 3.86. The fourth-order valence-electron chi connectivity index (χ4n) is 3.38. The zero-order valence-corrected chi connectivity index (χ0v) is 15.8. The Labute approximate surface area is 153 Å². The maximum Gasteiger partial charge on any atom is 0.257 e. The molecule has 0 bridgehead atoms. The topological polar surface area (TPSA) is 69.5 Å². The van der Waals surface area contributed by atoms with Crippen LogP contribution < -0.4 is 4.74 Å². The molecule has 2 atom stereocenters. The van der Waals surface area contributed by atoms with E-state index >= 15 is 0 Å². The van der Waals surface area contributed by atoms with Gasteiger partial charge in [-0.25, -0.2) is 0 Å². The molecule has 1 aliphatic rings. The number of likely N-dealkylation sites (tertiary alicyclic amines) is 1. The Bertz CT molecular complexity index is 744. The third-order valence-corrected chi connectivity index (χ3v) is 4.81. The van der Waals surface area contributed by atoms with Gasteiger partial charge >= 0.3 is 0 Å². The Morgan fingerprint density at radius 3 is 2.81 bits per heavy atom. The van der Waals surface area contributed by atoms with Crippen LogP contribution in [0.2, 0.25) is 0 Å². The highest BCUT2D eigenvalue weighted by molar-refractivity contribution is 5.95. The highest BCUT2D eigenvalue weighted by Crippen LogP contribution is 2.25. The van der Waals surface area contributed by atoms with Crippen LogP contribution in [0.3, 0.4) is 0 Å². The first-order valence-corrected chi connectivity index (χ1v) is 8.92. The highest BCUT2D eigenvalue weighted by Gasteiger charge is 2.37. The zero-order valence-electron chi connectivity index (χ0n) is 15.8. The molecule has 7 heteroatoms. The molecular formula is C19H26N4O3. The minimum absolute atomic E-state index is 0.0156. The molecule has 0 saturated carbocycles. The van der Waals surface area contributed by atoms with Crippen LogP contribution in [-0.4, -0.2) is 58.0 Å². The van der Waals surface area contributed by atoms with E-state index in [9.17, 15) is 4.79 Å². The largest absolute Gasteiger partial charge is 0.490 e. The van der Waals surface area contributed by atoms with Gasteiger partial charge in [0.2, 0.25) is 0 Å². The second kappa shape index (κ2) is 7.86. The van der Waals surface area contributed by atoms with Gasteiger partial charge in [0.25, 0.3) is 5.91 Å². The van der Waals surface area contributed by atoms with Crippen molar-refractivity contribution in [1.82, 2.24) is 19.7 Å². The molecule has 0 N–H and O–H groups in total. The van der Waals surface area contributed by atoms with Gasteiger partial charge in [0.15, 0.2) is 0 Å². The van der Waals surface area contributed by atoms with Gasteiger partial charge in [-0.05, 0) is 39.3 Å². The summed E-state index contributed by atoms with van der Waals surface area (Å²) in [6.07, 6.45) is 5.80. The zero-order chi connectivity index (χ0) is 18.7. The van der Waals surface area contributed by atoms with Gasteiger partial charge in [-0.3, -0.25) is 14.5 Å². The molecule has 1 amide bonds. The minimum Gasteiger partial charge on any atom is -0.490 e. The van der Waals surface area contributed by atoms with Gasteiger partial charge in [-0.2, -0.15) is 5.10 Å². The van der Waals surface area contributed by atoms with Gasteiger partial charge in [0, 0.05) is 31.6 Å². The second-order valence-corrected chi connectivity index (χ2v) is 6.89. The van der Waals surface area contributed by atoms with Crippen LogP contribution >= 0.6 is 0 Å². The van der Waals surface area contributed by atoms with Crippen LogP contribution in [0.15, 0.2) is 30.7 Å². The molecule has 3 heterocycles. The van der Waals surface area contributed by atoms with Crippen molar-refractivity contribution in [3.63, 3.8) is 0 Å². The van der Waals surface area contributed by atoms with Gasteiger partial charge in [-0.1, -0.05) is 0 Å². The van der Waals surface area contributed by atoms with E-state index < -0.39 is 0 Å². The third kappa shape index (κ3) is 3.72. The first-order valence-electron chi connectivity index (χ1n) is 8.92. The lowest BCUT2D eigenvalue weighted by Gasteiger charge is -2.24. The lowest BCUT2D eigenvalue weighted by molar-refractivity contribution is 0.0657. The molecule has 26 heavy (non-hydrogen) atoms. The van der Waals surface area contributed by atoms with E-state index in [-0.39, 0.29) is 24.1 Å². The summed E-state index contributed by atoms with van der Waals surface area (Å²) in [5.41, 5.74) is 1.53. The minimum atomic E-state index is -0.0468. The van der Waals surface area contributed by atoms with Gasteiger partial charge in [-0.15, -0.1) is 0 Å². The van der Waals surface area contributed by atoms with Crippen LogP contribution in [0, 0.1) is 6.92 Å². The predicted octanol–water partition coefficient (Wildman–Crippen LogP) is 2.48. The number of carbonyl (C=O) groups is 1. The fourth-order valence-corrected chi connectivity index (χ4v) is 3.38. The number of amides is 1. The molecule has 0 spiro atoms. The van der Waals surface area contributed by atoms with Gasteiger partial charge in [0.05, 0.1) is 30.1 Å². The van der Waals surface area contributed by atoms with E-state index in [1.165, 1.54) is 0 Å². The van der Waals surface area contributed by atoms with Crippen LogP contribution in [0.1, 0.15) is 42.4 Å². The second-order valence-electron chi connectivity index (χ2n) is 6.89. The number of hydrogen-bond donors (Lipinski definition) is 0. The van der Waals surface area contributed by atoms with Crippen molar-refractivity contribution in [2.24, 2.45) is 0 Å². The maximum absolute atomic E-state index is 13.1. The molecule has 0 unspecified atom stereocenters. The predicted molar refractivity (Wildman–Crippen MR) is 97.3 cm³/mol. The van der Waals surface area contributed by atoms with Crippen molar-refractivity contribution >= 4 is 5.91 Å². The van der Waals surface area contributed by atoms with Crippen molar-refractivity contribution in [2.75, 3.05) is 20.3 Å². The van der Waals surface area contributed by atoms with E-state index in [1.54, 1.807) is 25.7 Å². The van der Waals surface area contributed by atoms with Crippen LogP contribution in [0.25, 0.3) is 0 Å². The number of ether oxygens (including phenoxy) is 2. The Balaban J connectivity index is 1.75. The molecule has 2 aromatic rings. The van der Waals surface area contributed by atoms with Crippen LogP contribution in [0.5, 0.6) is 5.75 Å². The molecule has 3 rings (SSSR count). The Morgan fingerprint density at radius 2 is 2.19 bits per heavy atom. The number of carbonyl (C=O) groups excluding carboxylic acids is 1. The summed E-state index contributed by atoms with van der Waals surface area (Å²) in [7, 11) is 1.68. The number of pyridine rings is 1. The van der Waals surface area contributed by atoms with Gasteiger partial charge in [0.1, 0.15) is 12.4 Å². The SMILES string of the molecule is CO[C@@H]1C[C@@H](COc2cccnc2)N(C(=O)c2cnn(C(C)C)c2C)C1. The Morgan fingerprint density at radius 1 is 1.38 bits per heavy atom. The smallest absolute Gasteiger partial charge is 0.257 e. The summed E-state index contributed by atoms with van der Waals surface area (Å²) in [5.74, 6) is 0.679. The number of nitrogens with zero attached hydrogens (tertiary/aromatic N) is 4. The van der Waals surface area contributed by atoms with E-state index in [1.807, 2.05) is 28.6 Å². The molecule has 7 nitrogen and oxygen atoms in total. The molecular weight excluding hydrogens is 332 g/mol. The molecule has 1 saturated heterocycles. The average Bonchev–Trinajstić information content (AvgIpc) is 3.23. The van der Waals surface area contributed by atoms with Crippen molar-refractivity contribution < 1.29 is 14.3 Å². The molecule has 140 valence electrons. The van der Waals surface area contributed by atoms with E-state index in [2.05, 4.69) is 23.9 Å². The molecule has 0 radical (unpaired) electrons. The lowest BCUT2D eigenvalue weighted by atomic mass is 10.2. The Kier molecular flexibility index (Phi) is 5.56. The van der Waals surface area contributed by atoms with Crippen molar-refractivity contribution in [1.29, 1.82) is 0 Å². The molecule has 0 aromatic carbocycles. The average molecular weight is 358 g/mol. The van der Waals surface area contributed by atoms with Crippen LogP contribution in [-0.2, 0) is 4.74 Å². The molecule has 2 aromatic heterocycles.